The number of hydrogen-bond acceptors (Lipinski definition) is 6. The third-order valence-corrected chi connectivity index (χ3v) is 4.76. The molecule has 6 nitrogen and oxygen atoms in total. The topological polar surface area (TPSA) is 74.5 Å². The molecule has 1 saturated heterocycles. The molecule has 0 atom stereocenters. The lowest BCUT2D eigenvalue weighted by Crippen LogP contribution is -2.44. The second-order valence-corrected chi connectivity index (χ2v) is 6.92. The standard InChI is InChI=1S/C14H25N5OS/c1-10(2)4-5-16-13(20)11-12(15)17-14(21-11)19-8-6-18(3)7-9-19/h10H,4-9,15H2,1-3H3,(H,16,20). The Kier molecular flexibility index (Phi) is 5.41. The second-order valence-electron chi connectivity index (χ2n) is 5.94. The lowest BCUT2D eigenvalue weighted by atomic mass is 10.1. The number of nitrogens with two attached hydrogens (primary N) is 1. The fraction of sp³-hybridized carbons (Fsp3) is 0.714. The Bertz CT molecular complexity index is 480. The highest BCUT2D eigenvalue weighted by Crippen LogP contribution is 2.28. The monoisotopic (exact) mass is 311 g/mol. The van der Waals surface area contributed by atoms with Crippen LogP contribution in [0.2, 0.25) is 0 Å². The van der Waals surface area contributed by atoms with Gasteiger partial charge in [0.15, 0.2) is 5.13 Å². The van der Waals surface area contributed by atoms with Gasteiger partial charge in [0.1, 0.15) is 10.7 Å². The van der Waals surface area contributed by atoms with Crippen molar-refractivity contribution in [3.63, 3.8) is 0 Å². The van der Waals surface area contributed by atoms with E-state index >= 15 is 0 Å². The van der Waals surface area contributed by atoms with E-state index in [-0.39, 0.29) is 5.91 Å². The number of amides is 1. The molecule has 0 spiro atoms. The number of rotatable bonds is 5. The Morgan fingerprint density at radius 2 is 2.05 bits per heavy atom. The van der Waals surface area contributed by atoms with Gasteiger partial charge >= 0.3 is 0 Å². The fourth-order valence-corrected chi connectivity index (χ4v) is 3.12. The van der Waals surface area contributed by atoms with E-state index in [1.807, 2.05) is 0 Å². The summed E-state index contributed by atoms with van der Waals surface area (Å²) < 4.78 is 0. The van der Waals surface area contributed by atoms with Crippen LogP contribution in [0, 0.1) is 5.92 Å². The summed E-state index contributed by atoms with van der Waals surface area (Å²) >= 11 is 1.39. The summed E-state index contributed by atoms with van der Waals surface area (Å²) in [7, 11) is 2.11. The van der Waals surface area contributed by atoms with Crippen LogP contribution in [0.3, 0.4) is 0 Å². The number of anilines is 2. The number of likely N-dealkylation sites (N-methyl/N-ethyl adjacent to an activating group) is 1. The van der Waals surface area contributed by atoms with Crippen molar-refractivity contribution >= 4 is 28.2 Å². The van der Waals surface area contributed by atoms with Crippen molar-refractivity contribution in [2.45, 2.75) is 20.3 Å². The molecule has 0 saturated carbocycles. The largest absolute Gasteiger partial charge is 0.382 e. The molecule has 0 aliphatic carbocycles. The highest BCUT2D eigenvalue weighted by atomic mass is 32.1. The second kappa shape index (κ2) is 7.09. The molecule has 1 aromatic rings. The van der Waals surface area contributed by atoms with Gasteiger partial charge in [0.2, 0.25) is 0 Å². The van der Waals surface area contributed by atoms with E-state index in [0.29, 0.717) is 23.2 Å². The van der Waals surface area contributed by atoms with Crippen molar-refractivity contribution in [1.82, 2.24) is 15.2 Å². The summed E-state index contributed by atoms with van der Waals surface area (Å²) in [5, 5.41) is 3.78. The van der Waals surface area contributed by atoms with Gasteiger partial charge in [0.05, 0.1) is 0 Å². The summed E-state index contributed by atoms with van der Waals surface area (Å²) in [5.74, 6) is 0.812. The fourth-order valence-electron chi connectivity index (χ4n) is 2.17. The maximum Gasteiger partial charge on any atom is 0.265 e. The number of aromatic nitrogens is 1. The lowest BCUT2D eigenvalue weighted by molar-refractivity contribution is 0.0956. The average molecular weight is 311 g/mol. The molecule has 1 aliphatic heterocycles. The van der Waals surface area contributed by atoms with Crippen LogP contribution in [-0.4, -0.2) is 55.6 Å². The highest BCUT2D eigenvalue weighted by molar-refractivity contribution is 7.18. The zero-order valence-electron chi connectivity index (χ0n) is 13.1. The van der Waals surface area contributed by atoms with Crippen LogP contribution in [-0.2, 0) is 0 Å². The molecule has 2 rings (SSSR count). The smallest absolute Gasteiger partial charge is 0.265 e. The van der Waals surface area contributed by atoms with E-state index in [1.165, 1.54) is 11.3 Å². The summed E-state index contributed by atoms with van der Waals surface area (Å²) in [6, 6.07) is 0. The van der Waals surface area contributed by atoms with Crippen molar-refractivity contribution in [3.05, 3.63) is 4.88 Å². The Morgan fingerprint density at radius 3 is 2.67 bits per heavy atom. The Balaban J connectivity index is 1.96. The van der Waals surface area contributed by atoms with Crippen molar-refractivity contribution < 1.29 is 4.79 Å². The van der Waals surface area contributed by atoms with Crippen LogP contribution in [0.4, 0.5) is 10.9 Å². The molecule has 7 heteroatoms. The van der Waals surface area contributed by atoms with E-state index in [4.69, 9.17) is 5.73 Å². The normalized spacial score (nSPS) is 16.5. The van der Waals surface area contributed by atoms with Crippen LogP contribution in [0.25, 0.3) is 0 Å². The molecule has 1 amide bonds. The van der Waals surface area contributed by atoms with Gasteiger partial charge in [-0.2, -0.15) is 0 Å². The highest BCUT2D eigenvalue weighted by Gasteiger charge is 2.21. The predicted octanol–water partition coefficient (Wildman–Crippen LogP) is 1.25. The molecule has 3 N–H and O–H groups in total. The van der Waals surface area contributed by atoms with Crippen molar-refractivity contribution in [2.24, 2.45) is 5.92 Å². The lowest BCUT2D eigenvalue weighted by Gasteiger charge is -2.31. The number of carbonyl (C=O) groups is 1. The molecule has 0 unspecified atom stereocenters. The summed E-state index contributed by atoms with van der Waals surface area (Å²) in [6.45, 7) is 8.83. The van der Waals surface area contributed by atoms with Gasteiger partial charge in [0, 0.05) is 32.7 Å². The van der Waals surface area contributed by atoms with E-state index < -0.39 is 0 Å². The first-order valence-corrected chi connectivity index (χ1v) is 8.27. The van der Waals surface area contributed by atoms with Crippen molar-refractivity contribution in [1.29, 1.82) is 0 Å². The van der Waals surface area contributed by atoms with Gasteiger partial charge in [-0.25, -0.2) is 4.98 Å². The van der Waals surface area contributed by atoms with Gasteiger partial charge in [-0.15, -0.1) is 0 Å². The first kappa shape index (κ1) is 16.0. The zero-order valence-corrected chi connectivity index (χ0v) is 13.9. The third kappa shape index (κ3) is 4.31. The van der Waals surface area contributed by atoms with E-state index in [0.717, 1.165) is 37.7 Å². The van der Waals surface area contributed by atoms with Crippen LogP contribution < -0.4 is 16.0 Å². The molecular formula is C14H25N5OS. The Labute approximate surface area is 130 Å². The molecule has 0 aromatic carbocycles. The van der Waals surface area contributed by atoms with Crippen LogP contribution >= 0.6 is 11.3 Å². The summed E-state index contributed by atoms with van der Waals surface area (Å²) in [5.41, 5.74) is 5.91. The van der Waals surface area contributed by atoms with Gasteiger partial charge in [0.25, 0.3) is 5.91 Å². The summed E-state index contributed by atoms with van der Waals surface area (Å²) in [4.78, 5) is 21.5. The van der Waals surface area contributed by atoms with Gasteiger partial charge in [-0.05, 0) is 19.4 Å². The SMILES string of the molecule is CC(C)CCNC(=O)c1sc(N2CCN(C)CC2)nc1N. The minimum Gasteiger partial charge on any atom is -0.382 e. The molecule has 1 aliphatic rings. The molecule has 0 bridgehead atoms. The number of nitrogens with one attached hydrogen (secondary N) is 1. The van der Waals surface area contributed by atoms with Gasteiger partial charge < -0.3 is 20.9 Å². The number of piperazine rings is 1. The van der Waals surface area contributed by atoms with Crippen LogP contribution in [0.1, 0.15) is 29.9 Å². The average Bonchev–Trinajstić information content (AvgIpc) is 2.81. The van der Waals surface area contributed by atoms with Gasteiger partial charge in [-0.3, -0.25) is 4.79 Å². The van der Waals surface area contributed by atoms with E-state index in [9.17, 15) is 4.79 Å². The Hall–Kier alpha value is -1.34. The van der Waals surface area contributed by atoms with E-state index in [2.05, 4.69) is 41.0 Å². The molecule has 1 fully saturated rings. The number of nitrogens with zero attached hydrogens (tertiary/aromatic N) is 3. The van der Waals surface area contributed by atoms with Gasteiger partial charge in [-0.1, -0.05) is 25.2 Å². The van der Waals surface area contributed by atoms with Crippen molar-refractivity contribution in [2.75, 3.05) is 50.4 Å². The molecule has 21 heavy (non-hydrogen) atoms. The van der Waals surface area contributed by atoms with Crippen molar-refractivity contribution in [3.8, 4) is 0 Å². The number of thiazole rings is 1. The molecule has 118 valence electrons. The predicted molar refractivity (Wildman–Crippen MR) is 88.0 cm³/mol. The minimum atomic E-state index is -0.106. The number of nitrogen functional groups attached to an aromatic ring is 1. The first-order valence-electron chi connectivity index (χ1n) is 7.45. The quantitative estimate of drug-likeness (QED) is 0.856. The maximum absolute atomic E-state index is 12.1. The molecule has 1 aromatic heterocycles. The van der Waals surface area contributed by atoms with Crippen LogP contribution in [0.5, 0.6) is 0 Å². The van der Waals surface area contributed by atoms with Crippen LogP contribution in [0.15, 0.2) is 0 Å². The third-order valence-electron chi connectivity index (χ3n) is 3.63. The zero-order chi connectivity index (χ0) is 15.4. The molecule has 0 radical (unpaired) electrons. The first-order chi connectivity index (χ1) is 9.97. The summed E-state index contributed by atoms with van der Waals surface area (Å²) in [6.07, 6.45) is 0.968. The molecule has 2 heterocycles. The van der Waals surface area contributed by atoms with E-state index in [1.54, 1.807) is 0 Å². The Morgan fingerprint density at radius 1 is 1.38 bits per heavy atom. The number of hydrogen-bond donors (Lipinski definition) is 2. The molecular weight excluding hydrogens is 286 g/mol. The minimum absolute atomic E-state index is 0.106. The number of carbonyl (C=O) groups excluding carboxylic acids is 1. The maximum atomic E-state index is 12.1.